The maximum atomic E-state index is 13.8. The number of anilines is 1. The Morgan fingerprint density at radius 1 is 0.900 bits per heavy atom. The zero-order valence-electron chi connectivity index (χ0n) is 15.6. The molecule has 30 heavy (non-hydrogen) atoms. The van der Waals surface area contributed by atoms with E-state index in [9.17, 15) is 17.6 Å². The molecule has 0 bridgehead atoms. The van der Waals surface area contributed by atoms with Gasteiger partial charge in [0.15, 0.2) is 0 Å². The number of hydrogen-bond donors (Lipinski definition) is 1. The van der Waals surface area contributed by atoms with Crippen molar-refractivity contribution >= 4 is 16.7 Å². The number of fused-ring (bicyclic) bond motifs is 1. The standard InChI is InChI=1S/C22H16F4N4/c23-18-6-2-1-4-14(18)9-11-28-21-16-8-7-15(12-19(16)29-13-30-21)20-17(22(24,25)26)5-3-10-27-20/h1-8,10,12-13H,9,11H2,(H,28,29,30). The zero-order valence-corrected chi connectivity index (χ0v) is 15.6. The minimum Gasteiger partial charge on any atom is -0.369 e. The molecular formula is C22H16F4N4. The minimum atomic E-state index is -4.51. The molecule has 4 aromatic rings. The molecule has 0 atom stereocenters. The van der Waals surface area contributed by atoms with Gasteiger partial charge < -0.3 is 5.32 Å². The molecule has 0 aliphatic heterocycles. The van der Waals surface area contributed by atoms with E-state index in [1.54, 1.807) is 36.4 Å². The molecule has 152 valence electrons. The van der Waals surface area contributed by atoms with Crippen molar-refractivity contribution < 1.29 is 17.6 Å². The molecule has 2 aromatic carbocycles. The number of pyridine rings is 1. The van der Waals surface area contributed by atoms with Crippen molar-refractivity contribution in [2.24, 2.45) is 0 Å². The molecule has 4 nitrogen and oxygen atoms in total. The van der Waals surface area contributed by atoms with E-state index >= 15 is 0 Å². The number of nitrogens with one attached hydrogen (secondary N) is 1. The lowest BCUT2D eigenvalue weighted by Crippen LogP contribution is -2.09. The SMILES string of the molecule is Fc1ccccc1CCNc1ncnc2cc(-c3ncccc3C(F)(F)F)ccc12. The summed E-state index contributed by atoms with van der Waals surface area (Å²) in [7, 11) is 0. The van der Waals surface area contributed by atoms with Crippen LogP contribution in [0.5, 0.6) is 0 Å². The van der Waals surface area contributed by atoms with Gasteiger partial charge in [0.25, 0.3) is 0 Å². The number of aromatic nitrogens is 3. The summed E-state index contributed by atoms with van der Waals surface area (Å²) < 4.78 is 53.7. The number of rotatable bonds is 5. The Bertz CT molecular complexity index is 1190. The van der Waals surface area contributed by atoms with Gasteiger partial charge in [0.05, 0.1) is 16.8 Å². The van der Waals surface area contributed by atoms with Gasteiger partial charge in [-0.25, -0.2) is 14.4 Å². The summed E-state index contributed by atoms with van der Waals surface area (Å²) in [4.78, 5) is 12.3. The summed E-state index contributed by atoms with van der Waals surface area (Å²) in [5, 5.41) is 3.80. The van der Waals surface area contributed by atoms with E-state index in [2.05, 4.69) is 20.3 Å². The van der Waals surface area contributed by atoms with Gasteiger partial charge in [-0.15, -0.1) is 0 Å². The number of hydrogen-bond acceptors (Lipinski definition) is 4. The molecule has 0 saturated heterocycles. The second-order valence-electron chi connectivity index (χ2n) is 6.62. The maximum absolute atomic E-state index is 13.8. The highest BCUT2D eigenvalue weighted by Gasteiger charge is 2.34. The van der Waals surface area contributed by atoms with E-state index in [4.69, 9.17) is 0 Å². The molecule has 0 fully saturated rings. The molecule has 0 aliphatic carbocycles. The van der Waals surface area contributed by atoms with Gasteiger partial charge >= 0.3 is 6.18 Å². The Morgan fingerprint density at radius 2 is 1.73 bits per heavy atom. The van der Waals surface area contributed by atoms with Crippen LogP contribution < -0.4 is 5.32 Å². The highest BCUT2D eigenvalue weighted by atomic mass is 19.4. The van der Waals surface area contributed by atoms with E-state index in [1.807, 2.05) is 0 Å². The van der Waals surface area contributed by atoms with Gasteiger partial charge in [-0.05, 0) is 42.3 Å². The Hall–Kier alpha value is -3.55. The molecule has 0 amide bonds. The molecule has 8 heteroatoms. The summed E-state index contributed by atoms with van der Waals surface area (Å²) in [6.07, 6.45) is -1.39. The fourth-order valence-electron chi connectivity index (χ4n) is 3.23. The van der Waals surface area contributed by atoms with Gasteiger partial charge in [-0.2, -0.15) is 13.2 Å². The zero-order chi connectivity index (χ0) is 21.1. The first-order chi connectivity index (χ1) is 14.4. The average molecular weight is 412 g/mol. The van der Waals surface area contributed by atoms with Crippen molar-refractivity contribution in [1.82, 2.24) is 15.0 Å². The first kappa shape index (κ1) is 19.8. The van der Waals surface area contributed by atoms with Gasteiger partial charge in [0, 0.05) is 23.7 Å². The third-order valence-electron chi connectivity index (χ3n) is 4.67. The van der Waals surface area contributed by atoms with Crippen molar-refractivity contribution in [3.05, 3.63) is 84.1 Å². The molecule has 0 radical (unpaired) electrons. The van der Waals surface area contributed by atoms with Crippen molar-refractivity contribution in [3.63, 3.8) is 0 Å². The van der Waals surface area contributed by atoms with E-state index in [0.29, 0.717) is 40.8 Å². The number of nitrogens with zero attached hydrogens (tertiary/aromatic N) is 3. The molecular weight excluding hydrogens is 396 g/mol. The van der Waals surface area contributed by atoms with Gasteiger partial charge in [0.1, 0.15) is 18.0 Å². The number of alkyl halides is 3. The molecule has 0 spiro atoms. The Labute approximate surface area is 169 Å². The van der Waals surface area contributed by atoms with Crippen LogP contribution in [-0.4, -0.2) is 21.5 Å². The van der Waals surface area contributed by atoms with Crippen LogP contribution in [0.4, 0.5) is 23.4 Å². The molecule has 0 saturated carbocycles. The predicted octanol–water partition coefficient (Wildman–Crippen LogP) is 5.50. The lowest BCUT2D eigenvalue weighted by atomic mass is 10.0. The van der Waals surface area contributed by atoms with E-state index in [-0.39, 0.29) is 11.5 Å². The smallest absolute Gasteiger partial charge is 0.369 e. The highest BCUT2D eigenvalue weighted by molar-refractivity contribution is 5.91. The molecule has 0 aliphatic rings. The van der Waals surface area contributed by atoms with E-state index < -0.39 is 11.7 Å². The van der Waals surface area contributed by atoms with Crippen LogP contribution in [0.25, 0.3) is 22.2 Å². The van der Waals surface area contributed by atoms with Crippen molar-refractivity contribution in [3.8, 4) is 11.3 Å². The van der Waals surface area contributed by atoms with Gasteiger partial charge in [-0.1, -0.05) is 24.3 Å². The highest BCUT2D eigenvalue weighted by Crippen LogP contribution is 2.36. The average Bonchev–Trinajstić information content (AvgIpc) is 2.74. The van der Waals surface area contributed by atoms with Crippen molar-refractivity contribution in [2.75, 3.05) is 11.9 Å². The summed E-state index contributed by atoms with van der Waals surface area (Å²) in [6, 6.07) is 13.6. The largest absolute Gasteiger partial charge is 0.418 e. The van der Waals surface area contributed by atoms with Gasteiger partial charge in [0.2, 0.25) is 0 Å². The quantitative estimate of drug-likeness (QED) is 0.440. The van der Waals surface area contributed by atoms with E-state index in [0.717, 1.165) is 6.07 Å². The minimum absolute atomic E-state index is 0.153. The van der Waals surface area contributed by atoms with Crippen molar-refractivity contribution in [1.29, 1.82) is 0 Å². The fraction of sp³-hybridized carbons (Fsp3) is 0.136. The third-order valence-corrected chi connectivity index (χ3v) is 4.67. The number of halogens is 4. The van der Waals surface area contributed by atoms with Crippen LogP contribution >= 0.6 is 0 Å². The number of benzene rings is 2. The Balaban J connectivity index is 1.61. The molecule has 2 heterocycles. The fourth-order valence-corrected chi connectivity index (χ4v) is 3.23. The molecule has 1 N–H and O–H groups in total. The predicted molar refractivity (Wildman–Crippen MR) is 106 cm³/mol. The van der Waals surface area contributed by atoms with Crippen LogP contribution in [0.15, 0.2) is 67.1 Å². The lowest BCUT2D eigenvalue weighted by Gasteiger charge is -2.13. The summed E-state index contributed by atoms with van der Waals surface area (Å²) in [6.45, 7) is 0.438. The third kappa shape index (κ3) is 4.07. The van der Waals surface area contributed by atoms with Crippen LogP contribution in [0, 0.1) is 5.82 Å². The van der Waals surface area contributed by atoms with Crippen LogP contribution in [-0.2, 0) is 12.6 Å². The van der Waals surface area contributed by atoms with E-state index in [1.165, 1.54) is 24.7 Å². The van der Waals surface area contributed by atoms with Crippen molar-refractivity contribution in [2.45, 2.75) is 12.6 Å². The first-order valence-corrected chi connectivity index (χ1v) is 9.18. The monoisotopic (exact) mass is 412 g/mol. The maximum Gasteiger partial charge on any atom is 0.418 e. The molecule has 4 rings (SSSR count). The summed E-state index contributed by atoms with van der Waals surface area (Å²) in [5.41, 5.74) is 0.419. The topological polar surface area (TPSA) is 50.7 Å². The Kier molecular flexibility index (Phi) is 5.31. The van der Waals surface area contributed by atoms with Gasteiger partial charge in [-0.3, -0.25) is 4.98 Å². The summed E-state index contributed by atoms with van der Waals surface area (Å²) >= 11 is 0. The second-order valence-corrected chi connectivity index (χ2v) is 6.62. The molecule has 2 aromatic heterocycles. The Morgan fingerprint density at radius 3 is 2.53 bits per heavy atom. The van der Waals surface area contributed by atoms with Crippen LogP contribution in [0.1, 0.15) is 11.1 Å². The molecule has 0 unspecified atom stereocenters. The van der Waals surface area contributed by atoms with Crippen LogP contribution in [0.2, 0.25) is 0 Å². The van der Waals surface area contributed by atoms with Crippen LogP contribution in [0.3, 0.4) is 0 Å². The lowest BCUT2D eigenvalue weighted by molar-refractivity contribution is -0.137. The second kappa shape index (κ2) is 8.06. The normalized spacial score (nSPS) is 11.6. The summed E-state index contributed by atoms with van der Waals surface area (Å²) in [5.74, 6) is 0.257. The first-order valence-electron chi connectivity index (χ1n) is 9.18.